The maximum absolute atomic E-state index is 13.5. The molecule has 1 aromatic carbocycles. The highest BCUT2D eigenvalue weighted by Crippen LogP contribution is 2.33. The van der Waals surface area contributed by atoms with Crippen molar-refractivity contribution in [2.75, 3.05) is 13.1 Å². The molecule has 0 radical (unpaired) electrons. The van der Waals surface area contributed by atoms with Crippen LogP contribution in [0.25, 0.3) is 0 Å². The molecule has 2 aliphatic rings. The Labute approximate surface area is 154 Å². The second kappa shape index (κ2) is 7.64. The summed E-state index contributed by atoms with van der Waals surface area (Å²) in [5.41, 5.74) is 0.363. The third kappa shape index (κ3) is 3.64. The summed E-state index contributed by atoms with van der Waals surface area (Å²) in [5.74, 6) is -0.757. The van der Waals surface area contributed by atoms with Gasteiger partial charge in [-0.15, -0.1) is 0 Å². The fourth-order valence-electron chi connectivity index (χ4n) is 4.10. The highest BCUT2D eigenvalue weighted by atomic mass is 32.2. The second-order valence-corrected chi connectivity index (χ2v) is 9.74. The lowest BCUT2D eigenvalue weighted by molar-refractivity contribution is -0.127. The summed E-state index contributed by atoms with van der Waals surface area (Å²) in [6.45, 7) is 2.48. The van der Waals surface area contributed by atoms with Gasteiger partial charge < -0.3 is 10.6 Å². The third-order valence-electron chi connectivity index (χ3n) is 5.61. The lowest BCUT2D eigenvalue weighted by Gasteiger charge is -2.39. The predicted octanol–water partition coefficient (Wildman–Crippen LogP) is 2.68. The number of sulfone groups is 1. The molecule has 0 aromatic heterocycles. The molecule has 3 rings (SSSR count). The molecule has 1 saturated carbocycles. The maximum atomic E-state index is 13.5. The van der Waals surface area contributed by atoms with E-state index in [2.05, 4.69) is 10.6 Å². The minimum absolute atomic E-state index is 0.0894. The van der Waals surface area contributed by atoms with Crippen molar-refractivity contribution in [2.45, 2.75) is 61.6 Å². The van der Waals surface area contributed by atoms with E-state index in [1.165, 1.54) is 12.1 Å². The number of nitrogens with one attached hydrogen (secondary N) is 2. The molecule has 0 spiro atoms. The van der Waals surface area contributed by atoms with Crippen molar-refractivity contribution in [3.63, 3.8) is 0 Å². The number of halogens is 1. The first-order valence-electron chi connectivity index (χ1n) is 9.39. The van der Waals surface area contributed by atoms with Crippen molar-refractivity contribution in [3.8, 4) is 0 Å². The van der Waals surface area contributed by atoms with E-state index in [4.69, 9.17) is 0 Å². The largest absolute Gasteiger partial charge is 0.335 e. The minimum atomic E-state index is -3.87. The summed E-state index contributed by atoms with van der Waals surface area (Å²) in [7, 11) is -3.87. The molecule has 1 aliphatic heterocycles. The summed E-state index contributed by atoms with van der Waals surface area (Å²) < 4.78 is 40.4. The summed E-state index contributed by atoms with van der Waals surface area (Å²) >= 11 is 0. The Morgan fingerprint density at radius 1 is 1.23 bits per heavy atom. The van der Waals surface area contributed by atoms with Gasteiger partial charge in [-0.1, -0.05) is 19.3 Å². The fourth-order valence-corrected chi connectivity index (χ4v) is 6.19. The molecule has 0 unspecified atom stereocenters. The summed E-state index contributed by atoms with van der Waals surface area (Å²) in [6, 6.07) is 3.69. The van der Waals surface area contributed by atoms with Crippen LogP contribution in [-0.2, 0) is 14.6 Å². The minimum Gasteiger partial charge on any atom is -0.335 e. The number of hydrogen-bond acceptors (Lipinski definition) is 4. The predicted molar refractivity (Wildman–Crippen MR) is 97.9 cm³/mol. The zero-order valence-corrected chi connectivity index (χ0v) is 16.0. The quantitative estimate of drug-likeness (QED) is 0.785. The Hall–Kier alpha value is -1.47. The molecule has 0 bridgehead atoms. The van der Waals surface area contributed by atoms with Gasteiger partial charge in [0.25, 0.3) is 0 Å². The molecule has 1 amide bonds. The first-order valence-corrected chi connectivity index (χ1v) is 10.9. The van der Waals surface area contributed by atoms with E-state index in [0.717, 1.165) is 44.7 Å². The number of piperidine rings is 1. The molecule has 7 heteroatoms. The Balaban J connectivity index is 1.94. The Bertz CT molecular complexity index is 767. The van der Waals surface area contributed by atoms with E-state index < -0.39 is 20.5 Å². The second-order valence-electron chi connectivity index (χ2n) is 7.51. The van der Waals surface area contributed by atoms with E-state index in [0.29, 0.717) is 18.4 Å². The number of amides is 1. The van der Waals surface area contributed by atoms with Crippen LogP contribution in [0.3, 0.4) is 0 Å². The molecular formula is C19H27FN2O3S. The Kier molecular flexibility index (Phi) is 5.67. The molecule has 26 heavy (non-hydrogen) atoms. The van der Waals surface area contributed by atoms with E-state index in [9.17, 15) is 17.6 Å². The zero-order valence-electron chi connectivity index (χ0n) is 15.2. The fraction of sp³-hybridized carbons (Fsp3) is 0.632. The highest BCUT2D eigenvalue weighted by molar-refractivity contribution is 7.93. The molecule has 2 N–H and O–H groups in total. The Morgan fingerprint density at radius 3 is 2.58 bits per heavy atom. The number of carbonyl (C=O) groups is 1. The smallest absolute Gasteiger partial charge is 0.224 e. The van der Waals surface area contributed by atoms with Gasteiger partial charge in [-0.2, -0.15) is 0 Å². The summed E-state index contributed by atoms with van der Waals surface area (Å²) in [5, 5.41) is 6.02. The van der Waals surface area contributed by atoms with Crippen LogP contribution < -0.4 is 10.6 Å². The van der Waals surface area contributed by atoms with Gasteiger partial charge >= 0.3 is 0 Å². The van der Waals surface area contributed by atoms with Crippen LogP contribution in [0.15, 0.2) is 23.1 Å². The molecule has 1 saturated heterocycles. The monoisotopic (exact) mass is 382 g/mol. The van der Waals surface area contributed by atoms with Gasteiger partial charge in [-0.25, -0.2) is 12.8 Å². The molecule has 1 heterocycles. The van der Waals surface area contributed by atoms with Crippen LogP contribution in [-0.4, -0.2) is 32.3 Å². The molecule has 1 aliphatic carbocycles. The zero-order chi connectivity index (χ0) is 18.8. The van der Waals surface area contributed by atoms with Gasteiger partial charge in [0.2, 0.25) is 15.7 Å². The van der Waals surface area contributed by atoms with Gasteiger partial charge in [-0.3, -0.25) is 4.79 Å². The van der Waals surface area contributed by atoms with Crippen LogP contribution in [0.2, 0.25) is 0 Å². The first-order chi connectivity index (χ1) is 12.4. The van der Waals surface area contributed by atoms with E-state index in [1.807, 2.05) is 0 Å². The Morgan fingerprint density at radius 2 is 1.96 bits per heavy atom. The van der Waals surface area contributed by atoms with Crippen molar-refractivity contribution >= 4 is 15.7 Å². The lowest BCUT2D eigenvalue weighted by Crippen LogP contribution is -2.63. The normalized spacial score (nSPS) is 25.0. The van der Waals surface area contributed by atoms with E-state index in [1.54, 1.807) is 6.92 Å². The van der Waals surface area contributed by atoms with Gasteiger partial charge in [-0.05, 0) is 62.9 Å². The van der Waals surface area contributed by atoms with Crippen LogP contribution >= 0.6 is 0 Å². The van der Waals surface area contributed by atoms with Gasteiger partial charge in [0, 0.05) is 12.5 Å². The summed E-state index contributed by atoms with van der Waals surface area (Å²) in [6.07, 6.45) is 5.78. The molecule has 1 atom stereocenters. The topological polar surface area (TPSA) is 75.3 Å². The molecule has 1 aromatic rings. The molecule has 144 valence electrons. The average Bonchev–Trinajstić information content (AvgIpc) is 2.62. The number of hydrogen-bond donors (Lipinski definition) is 2. The molecule has 2 fully saturated rings. The van der Waals surface area contributed by atoms with Crippen LogP contribution in [0.4, 0.5) is 4.39 Å². The first kappa shape index (κ1) is 19.3. The van der Waals surface area contributed by atoms with E-state index >= 15 is 0 Å². The van der Waals surface area contributed by atoms with E-state index in [-0.39, 0.29) is 23.3 Å². The van der Waals surface area contributed by atoms with Crippen molar-refractivity contribution in [2.24, 2.45) is 5.92 Å². The number of carbonyl (C=O) groups excluding carboxylic acids is 1. The number of benzene rings is 1. The number of aryl methyl sites for hydroxylation is 1. The van der Waals surface area contributed by atoms with Crippen molar-refractivity contribution in [3.05, 3.63) is 29.6 Å². The summed E-state index contributed by atoms with van der Waals surface area (Å²) in [4.78, 5) is 11.5. The lowest BCUT2D eigenvalue weighted by atomic mass is 9.88. The van der Waals surface area contributed by atoms with Crippen LogP contribution in [0.5, 0.6) is 0 Å². The van der Waals surface area contributed by atoms with Crippen LogP contribution in [0, 0.1) is 18.7 Å². The van der Waals surface area contributed by atoms with Gasteiger partial charge in [0.15, 0.2) is 4.87 Å². The van der Waals surface area contributed by atoms with Crippen molar-refractivity contribution in [1.82, 2.24) is 10.6 Å². The van der Waals surface area contributed by atoms with Gasteiger partial charge in [0.05, 0.1) is 4.90 Å². The average molecular weight is 383 g/mol. The SMILES string of the molecule is Cc1cc(F)ccc1S(=O)(=O)[C@@]1(NC(=O)C2CCCCC2)CCCNC1. The third-order valence-corrected chi connectivity index (χ3v) is 8.13. The number of rotatable bonds is 4. The van der Waals surface area contributed by atoms with Crippen molar-refractivity contribution < 1.29 is 17.6 Å². The maximum Gasteiger partial charge on any atom is 0.224 e. The molecule has 5 nitrogen and oxygen atoms in total. The van der Waals surface area contributed by atoms with Crippen molar-refractivity contribution in [1.29, 1.82) is 0 Å². The molecular weight excluding hydrogens is 355 g/mol. The standard InChI is InChI=1S/C19H27FN2O3S/c1-14-12-16(20)8-9-17(14)26(24,25)19(10-5-11-21-13-19)22-18(23)15-6-3-2-4-7-15/h8-9,12,15,21H,2-7,10-11,13H2,1H3,(H,22,23)/t19-/m0/s1. The van der Waals surface area contributed by atoms with Gasteiger partial charge in [0.1, 0.15) is 5.82 Å². The van der Waals surface area contributed by atoms with Crippen LogP contribution in [0.1, 0.15) is 50.5 Å². The highest BCUT2D eigenvalue weighted by Gasteiger charge is 2.48.